The first-order valence-electron chi connectivity index (χ1n) is 15.4. The third kappa shape index (κ3) is 9.36. The van der Waals surface area contributed by atoms with Crippen molar-refractivity contribution < 1.29 is 14.6 Å². The summed E-state index contributed by atoms with van der Waals surface area (Å²) in [5, 5.41) is 14.2. The van der Waals surface area contributed by atoms with Crippen molar-refractivity contribution in [1.29, 1.82) is 0 Å². The van der Waals surface area contributed by atoms with Crippen molar-refractivity contribution in [3.8, 4) is 11.5 Å². The fourth-order valence-corrected chi connectivity index (χ4v) is 5.81. The molecule has 1 unspecified atom stereocenters. The normalized spacial score (nSPS) is 14.0. The largest absolute Gasteiger partial charge is 0.508 e. The molecule has 0 radical (unpaired) electrons. The summed E-state index contributed by atoms with van der Waals surface area (Å²) in [4.78, 5) is 14.4. The highest BCUT2D eigenvalue weighted by atomic mass is 16.5. The van der Waals surface area contributed by atoms with Crippen LogP contribution in [0.4, 0.5) is 0 Å². The van der Waals surface area contributed by atoms with Crippen LogP contribution in [-0.4, -0.2) is 47.7 Å². The van der Waals surface area contributed by atoms with E-state index in [4.69, 9.17) is 4.74 Å². The van der Waals surface area contributed by atoms with Crippen LogP contribution >= 0.6 is 0 Å². The highest BCUT2D eigenvalue weighted by Crippen LogP contribution is 2.37. The summed E-state index contributed by atoms with van der Waals surface area (Å²) in [6.07, 6.45) is 5.52. The van der Waals surface area contributed by atoms with Crippen LogP contribution in [0.2, 0.25) is 0 Å². The van der Waals surface area contributed by atoms with Gasteiger partial charge in [0.05, 0.1) is 6.61 Å². The Hall–Kier alpha value is -3.31. The molecule has 0 bridgehead atoms. The molecule has 3 aromatic carbocycles. The summed E-state index contributed by atoms with van der Waals surface area (Å²) < 4.78 is 6.14. The zero-order valence-corrected chi connectivity index (χ0v) is 25.3. The molecule has 0 saturated heterocycles. The molecule has 0 heterocycles. The molecule has 1 atom stereocenters. The van der Waals surface area contributed by atoms with Gasteiger partial charge in [0.1, 0.15) is 11.5 Å². The predicted molar refractivity (Wildman–Crippen MR) is 168 cm³/mol. The van der Waals surface area contributed by atoms with Crippen LogP contribution in [0.15, 0.2) is 72.8 Å². The van der Waals surface area contributed by atoms with Crippen LogP contribution in [0, 0.1) is 5.92 Å². The van der Waals surface area contributed by atoms with Crippen molar-refractivity contribution in [1.82, 2.24) is 10.2 Å². The Bertz CT molecular complexity index is 1210. The lowest BCUT2D eigenvalue weighted by Gasteiger charge is -2.32. The average Bonchev–Trinajstić information content (AvgIpc) is 3.77. The number of phenolic OH excluding ortho intramolecular Hbond substituents is 1. The van der Waals surface area contributed by atoms with E-state index in [1.807, 2.05) is 30.3 Å². The Morgan fingerprint density at radius 1 is 0.927 bits per heavy atom. The molecule has 0 spiro atoms. The summed E-state index contributed by atoms with van der Waals surface area (Å²) in [7, 11) is 0. The number of nitrogens with one attached hydrogen (secondary N) is 1. The van der Waals surface area contributed by atoms with Crippen LogP contribution in [0.25, 0.3) is 0 Å². The van der Waals surface area contributed by atoms with Crippen molar-refractivity contribution in [3.05, 3.63) is 95.1 Å². The van der Waals surface area contributed by atoms with Crippen molar-refractivity contribution in [2.45, 2.75) is 84.2 Å². The Morgan fingerprint density at radius 2 is 1.63 bits per heavy atom. The maximum Gasteiger partial charge on any atom is 0.220 e. The molecule has 4 rings (SSSR count). The van der Waals surface area contributed by atoms with Gasteiger partial charge < -0.3 is 15.2 Å². The number of amides is 1. The molecule has 0 aliphatic heterocycles. The first kappa shape index (κ1) is 30.6. The molecule has 41 heavy (non-hydrogen) atoms. The summed E-state index contributed by atoms with van der Waals surface area (Å²) in [6, 6.07) is 25.5. The quantitative estimate of drug-likeness (QED) is 0.197. The number of hydrogen-bond acceptors (Lipinski definition) is 4. The Morgan fingerprint density at radius 3 is 2.29 bits per heavy atom. The van der Waals surface area contributed by atoms with Crippen LogP contribution < -0.4 is 10.1 Å². The Labute approximate surface area is 246 Å². The van der Waals surface area contributed by atoms with Gasteiger partial charge in [0.15, 0.2) is 0 Å². The van der Waals surface area contributed by atoms with Crippen LogP contribution in [0.5, 0.6) is 11.5 Å². The third-order valence-electron chi connectivity index (χ3n) is 8.20. The summed E-state index contributed by atoms with van der Waals surface area (Å²) in [6.45, 7) is 11.2. The fraction of sp³-hybridized carbons (Fsp3) is 0.472. The Kier molecular flexibility index (Phi) is 11.3. The molecule has 1 amide bonds. The molecule has 5 nitrogen and oxygen atoms in total. The molecule has 3 aromatic rings. The van der Waals surface area contributed by atoms with E-state index < -0.39 is 0 Å². The molecule has 0 aromatic heterocycles. The number of carbonyl (C=O) groups is 1. The van der Waals surface area contributed by atoms with Crippen LogP contribution in [0.3, 0.4) is 0 Å². The highest BCUT2D eigenvalue weighted by Gasteiger charge is 2.25. The molecule has 220 valence electrons. The van der Waals surface area contributed by atoms with E-state index in [1.165, 1.54) is 24.0 Å². The van der Waals surface area contributed by atoms with Gasteiger partial charge in [-0.1, -0.05) is 54.6 Å². The number of aromatic hydroxyl groups is 1. The van der Waals surface area contributed by atoms with Gasteiger partial charge in [-0.3, -0.25) is 9.69 Å². The fourth-order valence-electron chi connectivity index (χ4n) is 5.81. The molecular formula is C36H48N2O3. The van der Waals surface area contributed by atoms with Gasteiger partial charge in [0.2, 0.25) is 5.91 Å². The number of hydrogen-bond donors (Lipinski definition) is 2. The number of nitrogens with zero attached hydrogens (tertiary/aromatic N) is 1. The minimum atomic E-state index is 0.0939. The topological polar surface area (TPSA) is 61.8 Å². The second kappa shape index (κ2) is 15.1. The molecule has 1 aliphatic carbocycles. The van der Waals surface area contributed by atoms with E-state index in [2.05, 4.69) is 80.4 Å². The summed E-state index contributed by atoms with van der Waals surface area (Å²) in [5.74, 6) is 2.07. The van der Waals surface area contributed by atoms with E-state index in [-0.39, 0.29) is 11.8 Å². The highest BCUT2D eigenvalue weighted by molar-refractivity contribution is 5.76. The van der Waals surface area contributed by atoms with Crippen LogP contribution in [-0.2, 0) is 17.6 Å². The minimum absolute atomic E-state index is 0.0939. The zero-order chi connectivity index (χ0) is 29.2. The smallest absolute Gasteiger partial charge is 0.220 e. The Balaban J connectivity index is 1.38. The van der Waals surface area contributed by atoms with Gasteiger partial charge in [-0.25, -0.2) is 0 Å². The maximum absolute atomic E-state index is 11.9. The second-order valence-corrected chi connectivity index (χ2v) is 12.0. The van der Waals surface area contributed by atoms with Crippen molar-refractivity contribution in [3.63, 3.8) is 0 Å². The zero-order valence-electron chi connectivity index (χ0n) is 25.3. The molecule has 5 heteroatoms. The molecule has 1 saturated carbocycles. The average molecular weight is 557 g/mol. The molecule has 1 fully saturated rings. The van der Waals surface area contributed by atoms with Gasteiger partial charge in [0, 0.05) is 43.0 Å². The molecule has 2 N–H and O–H groups in total. The molecular weight excluding hydrogens is 508 g/mol. The molecule has 1 aliphatic rings. The maximum atomic E-state index is 11.9. The van der Waals surface area contributed by atoms with Crippen LogP contribution in [0.1, 0.15) is 81.5 Å². The lowest BCUT2D eigenvalue weighted by molar-refractivity contribution is -0.121. The van der Waals surface area contributed by atoms with E-state index in [0.29, 0.717) is 49.7 Å². The predicted octanol–water partition coefficient (Wildman–Crippen LogP) is 7.11. The lowest BCUT2D eigenvalue weighted by atomic mass is 9.84. The number of phenols is 1. The van der Waals surface area contributed by atoms with E-state index in [1.54, 1.807) is 0 Å². The van der Waals surface area contributed by atoms with Gasteiger partial charge in [-0.2, -0.15) is 0 Å². The number of carbonyl (C=O) groups excluding carboxylic acids is 1. The van der Waals surface area contributed by atoms with Gasteiger partial charge in [-0.05, 0) is 101 Å². The summed E-state index contributed by atoms with van der Waals surface area (Å²) >= 11 is 0. The number of benzene rings is 3. The van der Waals surface area contributed by atoms with E-state index >= 15 is 0 Å². The van der Waals surface area contributed by atoms with Crippen molar-refractivity contribution in [2.75, 3.05) is 19.7 Å². The third-order valence-corrected chi connectivity index (χ3v) is 8.20. The van der Waals surface area contributed by atoms with Crippen molar-refractivity contribution in [2.24, 2.45) is 5.92 Å². The number of ether oxygens (including phenoxy) is 1. The van der Waals surface area contributed by atoms with E-state index in [9.17, 15) is 9.90 Å². The number of rotatable bonds is 16. The van der Waals surface area contributed by atoms with Crippen molar-refractivity contribution >= 4 is 5.91 Å². The van der Waals surface area contributed by atoms with Gasteiger partial charge in [-0.15, -0.1) is 0 Å². The van der Waals surface area contributed by atoms with Gasteiger partial charge >= 0.3 is 0 Å². The van der Waals surface area contributed by atoms with E-state index in [0.717, 1.165) is 36.3 Å². The first-order chi connectivity index (χ1) is 19.8. The summed E-state index contributed by atoms with van der Waals surface area (Å²) in [5.41, 5.74) is 4.54. The minimum Gasteiger partial charge on any atom is -0.508 e. The monoisotopic (exact) mass is 556 g/mol. The van der Waals surface area contributed by atoms with Gasteiger partial charge in [0.25, 0.3) is 0 Å². The second-order valence-electron chi connectivity index (χ2n) is 12.0. The lowest BCUT2D eigenvalue weighted by Crippen LogP contribution is -2.38. The standard InChI is InChI=1S/C36H48N2O3/c1-26(2)38(27(3)4)23-20-33(30-9-6-5-7-10-30)36-31(11-8-12-34(36)39)21-24-41-32-17-15-28(16-18-32)19-22-37-35(40)25-29-13-14-29/h5-12,15-18,26-27,29,33,39H,13-14,19-25H2,1-4H3,(H,37,40). The first-order valence-corrected chi connectivity index (χ1v) is 15.4. The SMILES string of the molecule is CC(C)N(CCC(c1ccccc1)c1c(O)cccc1CCOc1ccc(CCNC(=O)CC2CC2)cc1)C(C)C.